The van der Waals surface area contributed by atoms with Crippen LogP contribution in [0.5, 0.6) is 0 Å². The molecule has 2 N–H and O–H groups in total. The number of carbonyl (C=O) groups excluding carboxylic acids is 1. The summed E-state index contributed by atoms with van der Waals surface area (Å²) in [6.07, 6.45) is 4.87. The highest BCUT2D eigenvalue weighted by atomic mass is 79.9. The van der Waals surface area contributed by atoms with Gasteiger partial charge < -0.3 is 14.9 Å². The van der Waals surface area contributed by atoms with E-state index in [-0.39, 0.29) is 5.91 Å². The molecule has 7 heteroatoms. The molecule has 2 rings (SSSR count). The highest BCUT2D eigenvalue weighted by Gasteiger charge is 2.12. The van der Waals surface area contributed by atoms with Gasteiger partial charge >= 0.3 is 0 Å². The van der Waals surface area contributed by atoms with Gasteiger partial charge in [0.15, 0.2) is 4.73 Å². The lowest BCUT2D eigenvalue weighted by atomic mass is 10.4. The fourth-order valence-electron chi connectivity index (χ4n) is 1.25. The molecule has 0 bridgehead atoms. The number of amides is 1. The molecule has 0 aliphatic rings. The standard InChI is InChI=1S/C9H10BrN5O/c1-15-6(4-14-9(15)10)8(16)13-5-7-11-2-3-12-7/h2-4H,5H2,1H3,(H,11,12)(H,13,16). The second-order valence-corrected chi connectivity index (χ2v) is 3.90. The third kappa shape index (κ3) is 2.13. The average Bonchev–Trinajstić information content (AvgIpc) is 2.88. The molecule has 84 valence electrons. The zero-order valence-corrected chi connectivity index (χ0v) is 10.2. The summed E-state index contributed by atoms with van der Waals surface area (Å²) in [5.41, 5.74) is 0.499. The molecule has 16 heavy (non-hydrogen) atoms. The molecule has 0 aliphatic carbocycles. The molecule has 0 unspecified atom stereocenters. The van der Waals surface area contributed by atoms with Crippen LogP contribution in [0.25, 0.3) is 0 Å². The molecule has 0 aliphatic heterocycles. The van der Waals surface area contributed by atoms with Gasteiger partial charge in [-0.2, -0.15) is 0 Å². The molecule has 6 nitrogen and oxygen atoms in total. The molecular formula is C9H10BrN5O. The minimum atomic E-state index is -0.183. The van der Waals surface area contributed by atoms with Crippen LogP contribution in [-0.4, -0.2) is 25.4 Å². The topological polar surface area (TPSA) is 75.6 Å². The number of hydrogen-bond acceptors (Lipinski definition) is 3. The Kier molecular flexibility index (Phi) is 3.04. The number of hydrogen-bond donors (Lipinski definition) is 2. The zero-order valence-electron chi connectivity index (χ0n) is 8.57. The molecule has 0 aromatic carbocycles. The highest BCUT2D eigenvalue weighted by molar-refractivity contribution is 9.10. The summed E-state index contributed by atoms with van der Waals surface area (Å²) in [6, 6.07) is 0. The maximum atomic E-state index is 11.7. The number of nitrogens with zero attached hydrogens (tertiary/aromatic N) is 3. The van der Waals surface area contributed by atoms with E-state index in [1.807, 2.05) is 0 Å². The van der Waals surface area contributed by atoms with Crippen molar-refractivity contribution in [2.45, 2.75) is 6.54 Å². The quantitative estimate of drug-likeness (QED) is 0.876. The molecular weight excluding hydrogens is 274 g/mol. The van der Waals surface area contributed by atoms with Crippen molar-refractivity contribution in [2.75, 3.05) is 0 Å². The summed E-state index contributed by atoms with van der Waals surface area (Å²) in [5.74, 6) is 0.534. The van der Waals surface area contributed by atoms with Crippen molar-refractivity contribution in [3.05, 3.63) is 34.8 Å². The SMILES string of the molecule is Cn1c(C(=O)NCc2ncc[nH]2)cnc1Br. The average molecular weight is 284 g/mol. The van der Waals surface area contributed by atoms with Crippen LogP contribution in [0.15, 0.2) is 23.3 Å². The van der Waals surface area contributed by atoms with Crippen molar-refractivity contribution in [3.8, 4) is 0 Å². The van der Waals surface area contributed by atoms with Crippen LogP contribution in [0.2, 0.25) is 0 Å². The van der Waals surface area contributed by atoms with E-state index in [1.54, 1.807) is 24.0 Å². The lowest BCUT2D eigenvalue weighted by Crippen LogP contribution is -2.25. The Morgan fingerprint density at radius 3 is 3.00 bits per heavy atom. The van der Waals surface area contributed by atoms with E-state index in [0.29, 0.717) is 17.0 Å². The van der Waals surface area contributed by atoms with Crippen LogP contribution in [0.4, 0.5) is 0 Å². The predicted octanol–water partition coefficient (Wildman–Crippen LogP) is 0.836. The fourth-order valence-corrected chi connectivity index (χ4v) is 1.54. The van der Waals surface area contributed by atoms with Gasteiger partial charge in [0, 0.05) is 19.4 Å². The number of rotatable bonds is 3. The Morgan fingerprint density at radius 1 is 1.62 bits per heavy atom. The second kappa shape index (κ2) is 4.48. The van der Waals surface area contributed by atoms with Gasteiger partial charge in [0.25, 0.3) is 5.91 Å². The molecule has 0 fully saturated rings. The molecule has 1 amide bonds. The molecule has 2 aromatic heterocycles. The van der Waals surface area contributed by atoms with Crippen LogP contribution in [0.3, 0.4) is 0 Å². The van der Waals surface area contributed by atoms with E-state index >= 15 is 0 Å². The van der Waals surface area contributed by atoms with Crippen LogP contribution in [-0.2, 0) is 13.6 Å². The van der Waals surface area contributed by atoms with Gasteiger partial charge in [-0.15, -0.1) is 0 Å². The van der Waals surface area contributed by atoms with Crippen LogP contribution < -0.4 is 5.32 Å². The first kappa shape index (κ1) is 10.9. The largest absolute Gasteiger partial charge is 0.347 e. The maximum Gasteiger partial charge on any atom is 0.269 e. The number of aromatic nitrogens is 4. The van der Waals surface area contributed by atoms with Gasteiger partial charge in [0.1, 0.15) is 11.5 Å². The number of H-pyrrole nitrogens is 1. The Bertz CT molecular complexity index is 490. The summed E-state index contributed by atoms with van der Waals surface area (Å²) < 4.78 is 2.29. The van der Waals surface area contributed by atoms with Crippen molar-refractivity contribution in [1.29, 1.82) is 0 Å². The monoisotopic (exact) mass is 283 g/mol. The van der Waals surface area contributed by atoms with Crippen LogP contribution in [0, 0.1) is 0 Å². The smallest absolute Gasteiger partial charge is 0.269 e. The van der Waals surface area contributed by atoms with Gasteiger partial charge in [0.2, 0.25) is 0 Å². The Labute approximate surface area is 100 Å². The molecule has 0 spiro atoms. The number of carbonyl (C=O) groups is 1. The first-order valence-electron chi connectivity index (χ1n) is 4.62. The minimum Gasteiger partial charge on any atom is -0.347 e. The van der Waals surface area contributed by atoms with Gasteiger partial charge in [-0.1, -0.05) is 0 Å². The summed E-state index contributed by atoms with van der Waals surface area (Å²) in [5, 5.41) is 2.74. The lowest BCUT2D eigenvalue weighted by molar-refractivity contribution is 0.0941. The molecule has 0 saturated carbocycles. The van der Waals surface area contributed by atoms with E-state index in [0.717, 1.165) is 5.82 Å². The first-order chi connectivity index (χ1) is 7.68. The van der Waals surface area contributed by atoms with E-state index < -0.39 is 0 Å². The van der Waals surface area contributed by atoms with Crippen molar-refractivity contribution < 1.29 is 4.79 Å². The van der Waals surface area contributed by atoms with Crippen LogP contribution in [0.1, 0.15) is 16.3 Å². The lowest BCUT2D eigenvalue weighted by Gasteiger charge is -2.03. The highest BCUT2D eigenvalue weighted by Crippen LogP contribution is 2.08. The molecule has 0 radical (unpaired) electrons. The normalized spacial score (nSPS) is 10.4. The summed E-state index contributed by atoms with van der Waals surface area (Å²) in [7, 11) is 1.76. The van der Waals surface area contributed by atoms with Crippen molar-refractivity contribution in [2.24, 2.45) is 7.05 Å². The Balaban J connectivity index is 2.01. The number of aromatic amines is 1. The number of halogens is 1. The summed E-state index contributed by atoms with van der Waals surface area (Å²) >= 11 is 3.23. The first-order valence-corrected chi connectivity index (χ1v) is 5.41. The van der Waals surface area contributed by atoms with Crippen molar-refractivity contribution in [3.63, 3.8) is 0 Å². The minimum absolute atomic E-state index is 0.183. The molecule has 0 atom stereocenters. The molecule has 0 saturated heterocycles. The number of nitrogens with one attached hydrogen (secondary N) is 2. The van der Waals surface area contributed by atoms with Crippen molar-refractivity contribution >= 4 is 21.8 Å². The van der Waals surface area contributed by atoms with Gasteiger partial charge in [-0.3, -0.25) is 4.79 Å². The molecule has 2 heterocycles. The van der Waals surface area contributed by atoms with E-state index in [1.165, 1.54) is 6.20 Å². The third-order valence-corrected chi connectivity index (χ3v) is 2.87. The molecule has 2 aromatic rings. The third-order valence-electron chi connectivity index (χ3n) is 2.14. The van der Waals surface area contributed by atoms with Crippen molar-refractivity contribution in [1.82, 2.24) is 24.8 Å². The predicted molar refractivity (Wildman–Crippen MR) is 60.7 cm³/mol. The van der Waals surface area contributed by atoms with Crippen LogP contribution >= 0.6 is 15.9 Å². The second-order valence-electron chi connectivity index (χ2n) is 3.19. The van der Waals surface area contributed by atoms with E-state index in [4.69, 9.17) is 0 Å². The zero-order chi connectivity index (χ0) is 11.5. The van der Waals surface area contributed by atoms with Gasteiger partial charge in [0.05, 0.1) is 12.7 Å². The maximum absolute atomic E-state index is 11.7. The number of imidazole rings is 2. The van der Waals surface area contributed by atoms with Gasteiger partial charge in [-0.25, -0.2) is 9.97 Å². The Morgan fingerprint density at radius 2 is 2.44 bits per heavy atom. The fraction of sp³-hybridized carbons (Fsp3) is 0.222. The Hall–Kier alpha value is -1.63. The van der Waals surface area contributed by atoms with Gasteiger partial charge in [-0.05, 0) is 15.9 Å². The summed E-state index contributed by atoms with van der Waals surface area (Å²) in [4.78, 5) is 22.6. The van der Waals surface area contributed by atoms with E-state index in [2.05, 4.69) is 36.2 Å². The summed E-state index contributed by atoms with van der Waals surface area (Å²) in [6.45, 7) is 0.370. The van der Waals surface area contributed by atoms with E-state index in [9.17, 15) is 4.79 Å².